The molecule has 1 nitrogen and oxygen atoms in total. The van der Waals surface area contributed by atoms with E-state index in [-0.39, 0.29) is 11.6 Å². The molecule has 0 saturated carbocycles. The average molecular weight is 261 g/mol. The van der Waals surface area contributed by atoms with Gasteiger partial charge in [0.05, 0.1) is 0 Å². The molecule has 3 heteroatoms. The van der Waals surface area contributed by atoms with Crippen molar-refractivity contribution in [3.8, 4) is 11.1 Å². The van der Waals surface area contributed by atoms with Crippen LogP contribution in [0.25, 0.3) is 11.1 Å². The lowest BCUT2D eigenvalue weighted by Crippen LogP contribution is -2.07. The Kier molecular flexibility index (Phi) is 3.96. The Hall–Kier alpha value is -1.74. The quantitative estimate of drug-likeness (QED) is 0.881. The lowest BCUT2D eigenvalue weighted by Gasteiger charge is -2.12. The standard InChI is InChI=1S/C16H17F2N/c1-10-6-14(17)7-11(2)16(10)12-4-5-15(18)13(8-12)9-19-3/h4-8,19H,9H2,1-3H3. The first-order valence-electron chi connectivity index (χ1n) is 6.23. The Bertz CT molecular complexity index is 583. The molecule has 0 radical (unpaired) electrons. The summed E-state index contributed by atoms with van der Waals surface area (Å²) in [4.78, 5) is 0. The molecule has 0 atom stereocenters. The molecule has 0 fully saturated rings. The second-order valence-corrected chi connectivity index (χ2v) is 4.75. The number of aryl methyl sites for hydroxylation is 2. The molecule has 0 aromatic heterocycles. The fourth-order valence-corrected chi connectivity index (χ4v) is 2.42. The molecule has 0 aliphatic heterocycles. The van der Waals surface area contributed by atoms with Crippen LogP contribution in [0, 0.1) is 25.5 Å². The molecular formula is C16H17F2N. The maximum Gasteiger partial charge on any atom is 0.127 e. The zero-order chi connectivity index (χ0) is 14.0. The van der Waals surface area contributed by atoms with Gasteiger partial charge in [0.15, 0.2) is 0 Å². The number of hydrogen-bond acceptors (Lipinski definition) is 1. The SMILES string of the molecule is CNCc1cc(-c2c(C)cc(F)cc2C)ccc1F. The molecule has 0 amide bonds. The van der Waals surface area contributed by atoms with E-state index in [0.717, 1.165) is 22.3 Å². The van der Waals surface area contributed by atoms with Crippen LogP contribution in [0.1, 0.15) is 16.7 Å². The van der Waals surface area contributed by atoms with Crippen molar-refractivity contribution < 1.29 is 8.78 Å². The highest BCUT2D eigenvalue weighted by Gasteiger charge is 2.10. The van der Waals surface area contributed by atoms with Gasteiger partial charge in [-0.15, -0.1) is 0 Å². The third-order valence-electron chi connectivity index (χ3n) is 3.20. The summed E-state index contributed by atoms with van der Waals surface area (Å²) in [5, 5.41) is 2.94. The molecule has 0 heterocycles. The van der Waals surface area contributed by atoms with Gasteiger partial charge in [0.2, 0.25) is 0 Å². The fourth-order valence-electron chi connectivity index (χ4n) is 2.42. The van der Waals surface area contributed by atoms with Gasteiger partial charge in [-0.25, -0.2) is 8.78 Å². The minimum atomic E-state index is -0.240. The first-order valence-corrected chi connectivity index (χ1v) is 6.23. The lowest BCUT2D eigenvalue weighted by molar-refractivity contribution is 0.601. The average Bonchev–Trinajstić information content (AvgIpc) is 2.32. The molecule has 2 aromatic rings. The molecule has 2 aromatic carbocycles. The van der Waals surface area contributed by atoms with E-state index in [1.165, 1.54) is 18.2 Å². The number of rotatable bonds is 3. The number of benzene rings is 2. The van der Waals surface area contributed by atoms with Crippen molar-refractivity contribution in [1.29, 1.82) is 0 Å². The minimum Gasteiger partial charge on any atom is -0.316 e. The number of hydrogen-bond donors (Lipinski definition) is 1. The van der Waals surface area contributed by atoms with Crippen molar-refractivity contribution in [2.45, 2.75) is 20.4 Å². The van der Waals surface area contributed by atoms with Gasteiger partial charge in [-0.05, 0) is 67.4 Å². The van der Waals surface area contributed by atoms with Crippen LogP contribution in [0.3, 0.4) is 0 Å². The summed E-state index contributed by atoms with van der Waals surface area (Å²) in [5.74, 6) is -0.466. The summed E-state index contributed by atoms with van der Waals surface area (Å²) in [6.45, 7) is 4.21. The van der Waals surface area contributed by atoms with E-state index in [1.54, 1.807) is 13.1 Å². The molecule has 0 unspecified atom stereocenters. The van der Waals surface area contributed by atoms with Crippen LogP contribution in [0.5, 0.6) is 0 Å². The van der Waals surface area contributed by atoms with Crippen LogP contribution in [-0.2, 0) is 6.54 Å². The van der Waals surface area contributed by atoms with Crippen LogP contribution in [-0.4, -0.2) is 7.05 Å². The molecule has 0 aliphatic rings. The van der Waals surface area contributed by atoms with Gasteiger partial charge in [0, 0.05) is 12.1 Å². The van der Waals surface area contributed by atoms with Crippen LogP contribution in [0.4, 0.5) is 8.78 Å². The second-order valence-electron chi connectivity index (χ2n) is 4.75. The number of nitrogens with one attached hydrogen (secondary N) is 1. The second kappa shape index (κ2) is 5.49. The van der Waals surface area contributed by atoms with Gasteiger partial charge in [0.25, 0.3) is 0 Å². The van der Waals surface area contributed by atoms with Crippen molar-refractivity contribution in [1.82, 2.24) is 5.32 Å². The van der Waals surface area contributed by atoms with Gasteiger partial charge in [-0.1, -0.05) is 6.07 Å². The maximum absolute atomic E-state index is 13.6. The van der Waals surface area contributed by atoms with E-state index >= 15 is 0 Å². The molecule has 0 bridgehead atoms. The minimum absolute atomic E-state index is 0.226. The summed E-state index contributed by atoms with van der Waals surface area (Å²) in [6, 6.07) is 8.03. The Labute approximate surface area is 112 Å². The molecule has 0 aliphatic carbocycles. The topological polar surface area (TPSA) is 12.0 Å². The molecule has 19 heavy (non-hydrogen) atoms. The Morgan fingerprint density at radius 2 is 1.63 bits per heavy atom. The number of halogens is 2. The van der Waals surface area contributed by atoms with Gasteiger partial charge < -0.3 is 5.32 Å². The zero-order valence-electron chi connectivity index (χ0n) is 11.3. The fraction of sp³-hybridized carbons (Fsp3) is 0.250. The van der Waals surface area contributed by atoms with E-state index in [1.807, 2.05) is 19.9 Å². The van der Waals surface area contributed by atoms with Gasteiger partial charge >= 0.3 is 0 Å². The summed E-state index contributed by atoms with van der Waals surface area (Å²) in [7, 11) is 1.78. The Balaban J connectivity index is 2.56. The highest BCUT2D eigenvalue weighted by atomic mass is 19.1. The Morgan fingerprint density at radius 1 is 1.00 bits per heavy atom. The van der Waals surface area contributed by atoms with Crippen molar-refractivity contribution >= 4 is 0 Å². The van der Waals surface area contributed by atoms with Gasteiger partial charge in [0.1, 0.15) is 11.6 Å². The smallest absolute Gasteiger partial charge is 0.127 e. The van der Waals surface area contributed by atoms with Crippen LogP contribution in [0.15, 0.2) is 30.3 Å². The Morgan fingerprint density at radius 3 is 2.21 bits per heavy atom. The van der Waals surface area contributed by atoms with Gasteiger partial charge in [-0.3, -0.25) is 0 Å². The third-order valence-corrected chi connectivity index (χ3v) is 3.20. The van der Waals surface area contributed by atoms with E-state index < -0.39 is 0 Å². The molecule has 100 valence electrons. The molecular weight excluding hydrogens is 244 g/mol. The van der Waals surface area contributed by atoms with Crippen LogP contribution < -0.4 is 5.32 Å². The molecule has 1 N–H and O–H groups in total. The third kappa shape index (κ3) is 2.82. The zero-order valence-corrected chi connectivity index (χ0v) is 11.3. The summed E-state index contributed by atoms with van der Waals surface area (Å²) < 4.78 is 27.0. The van der Waals surface area contributed by atoms with E-state index in [9.17, 15) is 8.78 Å². The highest BCUT2D eigenvalue weighted by Crippen LogP contribution is 2.29. The van der Waals surface area contributed by atoms with Crippen LogP contribution >= 0.6 is 0 Å². The van der Waals surface area contributed by atoms with E-state index in [2.05, 4.69) is 5.32 Å². The largest absolute Gasteiger partial charge is 0.316 e. The monoisotopic (exact) mass is 261 g/mol. The molecule has 0 saturated heterocycles. The normalized spacial score (nSPS) is 10.8. The highest BCUT2D eigenvalue weighted by molar-refractivity contribution is 5.71. The first-order chi connectivity index (χ1) is 9.02. The maximum atomic E-state index is 13.6. The summed E-state index contributed by atoms with van der Waals surface area (Å²) in [5.41, 5.74) is 4.22. The van der Waals surface area contributed by atoms with Crippen molar-refractivity contribution in [3.63, 3.8) is 0 Å². The predicted molar refractivity (Wildman–Crippen MR) is 74.0 cm³/mol. The van der Waals surface area contributed by atoms with Crippen molar-refractivity contribution in [2.24, 2.45) is 0 Å². The molecule has 0 spiro atoms. The lowest BCUT2D eigenvalue weighted by atomic mass is 9.94. The summed E-state index contributed by atoms with van der Waals surface area (Å²) >= 11 is 0. The molecule has 2 rings (SSSR count). The van der Waals surface area contributed by atoms with Crippen molar-refractivity contribution in [3.05, 3.63) is 58.7 Å². The van der Waals surface area contributed by atoms with Gasteiger partial charge in [-0.2, -0.15) is 0 Å². The first kappa shape index (κ1) is 13.7. The van der Waals surface area contributed by atoms with E-state index in [0.29, 0.717) is 12.1 Å². The van der Waals surface area contributed by atoms with Crippen molar-refractivity contribution in [2.75, 3.05) is 7.05 Å². The van der Waals surface area contributed by atoms with E-state index in [4.69, 9.17) is 0 Å². The summed E-state index contributed by atoms with van der Waals surface area (Å²) in [6.07, 6.45) is 0. The predicted octanol–water partition coefficient (Wildman–Crippen LogP) is 3.97. The van der Waals surface area contributed by atoms with Crippen LogP contribution in [0.2, 0.25) is 0 Å².